The van der Waals surface area contributed by atoms with Gasteiger partial charge in [-0.05, 0) is 29.2 Å². The summed E-state index contributed by atoms with van der Waals surface area (Å²) in [6, 6.07) is 13.8. The monoisotopic (exact) mass is 297 g/mol. The first kappa shape index (κ1) is 14.6. The third kappa shape index (κ3) is 2.69. The van der Waals surface area contributed by atoms with Crippen molar-refractivity contribution >= 4 is 22.6 Å². The number of hydrogen-bond donors (Lipinski definition) is 2. The lowest BCUT2D eigenvalue weighted by Gasteiger charge is -2.25. The van der Waals surface area contributed by atoms with E-state index in [1.165, 1.54) is 0 Å². The van der Waals surface area contributed by atoms with E-state index in [9.17, 15) is 14.7 Å². The van der Waals surface area contributed by atoms with Crippen LogP contribution in [0.2, 0.25) is 0 Å². The van der Waals surface area contributed by atoms with Gasteiger partial charge in [0.2, 0.25) is 5.91 Å². The Morgan fingerprint density at radius 1 is 1.05 bits per heavy atom. The molecule has 0 saturated heterocycles. The number of aliphatic carboxylic acids is 1. The van der Waals surface area contributed by atoms with Crippen LogP contribution in [0.5, 0.6) is 0 Å². The van der Waals surface area contributed by atoms with E-state index in [2.05, 4.69) is 5.32 Å². The molecule has 1 amide bonds. The minimum Gasteiger partial charge on any atom is -0.480 e. The van der Waals surface area contributed by atoms with Crippen molar-refractivity contribution < 1.29 is 14.7 Å². The Morgan fingerprint density at radius 2 is 1.73 bits per heavy atom. The van der Waals surface area contributed by atoms with Crippen molar-refractivity contribution in [2.45, 2.75) is 37.6 Å². The summed E-state index contributed by atoms with van der Waals surface area (Å²) >= 11 is 0. The van der Waals surface area contributed by atoms with Gasteiger partial charge in [0.25, 0.3) is 0 Å². The highest BCUT2D eigenvalue weighted by molar-refractivity contribution is 5.92. The second-order valence-electron chi connectivity index (χ2n) is 5.96. The summed E-state index contributed by atoms with van der Waals surface area (Å²) < 4.78 is 0. The van der Waals surface area contributed by atoms with E-state index < -0.39 is 11.5 Å². The summed E-state index contributed by atoms with van der Waals surface area (Å²) in [5.41, 5.74) is -0.143. The molecular weight excluding hydrogens is 278 g/mol. The average Bonchev–Trinajstić information content (AvgIpc) is 2.97. The van der Waals surface area contributed by atoms with Crippen molar-refractivity contribution in [2.24, 2.45) is 0 Å². The second kappa shape index (κ2) is 5.79. The van der Waals surface area contributed by atoms with Crippen LogP contribution in [0.15, 0.2) is 42.5 Å². The van der Waals surface area contributed by atoms with Crippen molar-refractivity contribution in [3.05, 3.63) is 48.0 Å². The maximum atomic E-state index is 12.3. The van der Waals surface area contributed by atoms with E-state index in [-0.39, 0.29) is 12.3 Å². The highest BCUT2D eigenvalue weighted by Crippen LogP contribution is 2.30. The van der Waals surface area contributed by atoms with Crippen molar-refractivity contribution in [1.82, 2.24) is 5.32 Å². The number of fused-ring (bicyclic) bond motifs is 1. The molecule has 1 aliphatic rings. The molecule has 0 radical (unpaired) electrons. The van der Waals surface area contributed by atoms with Crippen LogP contribution in [-0.2, 0) is 16.0 Å². The summed E-state index contributed by atoms with van der Waals surface area (Å²) in [7, 11) is 0. The molecule has 2 aromatic carbocycles. The number of nitrogens with one attached hydrogen (secondary N) is 1. The molecule has 4 nitrogen and oxygen atoms in total. The summed E-state index contributed by atoms with van der Waals surface area (Å²) in [6.45, 7) is 0. The van der Waals surface area contributed by atoms with Crippen LogP contribution in [0.25, 0.3) is 10.8 Å². The highest BCUT2D eigenvalue weighted by Gasteiger charge is 2.42. The van der Waals surface area contributed by atoms with Gasteiger partial charge in [0.15, 0.2) is 0 Å². The summed E-state index contributed by atoms with van der Waals surface area (Å²) in [5.74, 6) is -1.14. The number of carbonyl (C=O) groups excluding carboxylic acids is 1. The molecule has 4 heteroatoms. The fraction of sp³-hybridized carbons (Fsp3) is 0.333. The van der Waals surface area contributed by atoms with Crippen LogP contribution < -0.4 is 5.32 Å². The first-order valence-corrected chi connectivity index (χ1v) is 7.62. The van der Waals surface area contributed by atoms with Crippen LogP contribution in [0, 0.1) is 0 Å². The van der Waals surface area contributed by atoms with E-state index >= 15 is 0 Å². The molecule has 0 unspecified atom stereocenters. The van der Waals surface area contributed by atoms with Crippen LogP contribution >= 0.6 is 0 Å². The van der Waals surface area contributed by atoms with Gasteiger partial charge in [0.1, 0.15) is 5.54 Å². The van der Waals surface area contributed by atoms with Gasteiger partial charge in [0.05, 0.1) is 6.42 Å². The molecule has 1 aliphatic carbocycles. The molecule has 1 fully saturated rings. The molecular formula is C18H19NO3. The summed E-state index contributed by atoms with van der Waals surface area (Å²) in [6.07, 6.45) is 2.94. The first-order chi connectivity index (χ1) is 10.6. The molecule has 0 heterocycles. The van der Waals surface area contributed by atoms with Crippen molar-refractivity contribution in [2.75, 3.05) is 0 Å². The van der Waals surface area contributed by atoms with E-state index in [1.54, 1.807) is 0 Å². The molecule has 0 aliphatic heterocycles. The standard InChI is InChI=1S/C18H19NO3/c20-16(19-18(17(21)22)10-3-4-11-18)12-14-8-5-7-13-6-1-2-9-15(13)14/h1-2,5-9H,3-4,10-12H2,(H,19,20)(H,21,22). The quantitative estimate of drug-likeness (QED) is 0.912. The Balaban J connectivity index is 1.80. The highest BCUT2D eigenvalue weighted by atomic mass is 16.4. The van der Waals surface area contributed by atoms with Crippen LogP contribution in [0.1, 0.15) is 31.2 Å². The number of carbonyl (C=O) groups is 2. The van der Waals surface area contributed by atoms with Gasteiger partial charge in [0, 0.05) is 0 Å². The van der Waals surface area contributed by atoms with Gasteiger partial charge < -0.3 is 10.4 Å². The number of hydrogen-bond acceptors (Lipinski definition) is 2. The maximum Gasteiger partial charge on any atom is 0.329 e. The molecule has 1 saturated carbocycles. The summed E-state index contributed by atoms with van der Waals surface area (Å²) in [4.78, 5) is 23.9. The van der Waals surface area contributed by atoms with E-state index in [4.69, 9.17) is 0 Å². The SMILES string of the molecule is O=C(Cc1cccc2ccccc12)NC1(C(=O)O)CCCC1. The molecule has 0 bridgehead atoms. The van der Waals surface area contributed by atoms with E-state index in [1.807, 2.05) is 42.5 Å². The van der Waals surface area contributed by atoms with Crippen molar-refractivity contribution in [1.29, 1.82) is 0 Å². The number of benzene rings is 2. The normalized spacial score (nSPS) is 16.5. The molecule has 0 atom stereocenters. The number of carboxylic acid groups (broad SMARTS) is 1. The number of rotatable bonds is 4. The Bertz CT molecular complexity index is 712. The van der Waals surface area contributed by atoms with Crippen molar-refractivity contribution in [3.8, 4) is 0 Å². The van der Waals surface area contributed by atoms with E-state index in [0.717, 1.165) is 29.2 Å². The maximum absolute atomic E-state index is 12.3. The van der Waals surface area contributed by atoms with Gasteiger partial charge >= 0.3 is 5.97 Å². The van der Waals surface area contributed by atoms with Gasteiger partial charge in [-0.1, -0.05) is 55.3 Å². The zero-order valence-corrected chi connectivity index (χ0v) is 12.3. The van der Waals surface area contributed by atoms with E-state index in [0.29, 0.717) is 12.8 Å². The topological polar surface area (TPSA) is 66.4 Å². The Labute approximate surface area is 129 Å². The zero-order chi connectivity index (χ0) is 15.6. The Kier molecular flexibility index (Phi) is 3.84. The lowest BCUT2D eigenvalue weighted by molar-refractivity contribution is -0.147. The minimum absolute atomic E-state index is 0.205. The van der Waals surface area contributed by atoms with Crippen molar-refractivity contribution in [3.63, 3.8) is 0 Å². The lowest BCUT2D eigenvalue weighted by atomic mass is 9.96. The molecule has 3 rings (SSSR count). The Hall–Kier alpha value is -2.36. The fourth-order valence-corrected chi connectivity index (χ4v) is 3.30. The molecule has 22 heavy (non-hydrogen) atoms. The van der Waals surface area contributed by atoms with Crippen LogP contribution in [0.3, 0.4) is 0 Å². The minimum atomic E-state index is -1.07. The van der Waals surface area contributed by atoms with Gasteiger partial charge in [-0.15, -0.1) is 0 Å². The Morgan fingerprint density at radius 3 is 2.45 bits per heavy atom. The number of amides is 1. The summed E-state index contributed by atoms with van der Waals surface area (Å²) in [5, 5.41) is 14.3. The smallest absolute Gasteiger partial charge is 0.329 e. The lowest BCUT2D eigenvalue weighted by Crippen LogP contribution is -2.52. The molecule has 2 aromatic rings. The largest absolute Gasteiger partial charge is 0.480 e. The predicted molar refractivity (Wildman–Crippen MR) is 84.6 cm³/mol. The molecule has 2 N–H and O–H groups in total. The van der Waals surface area contributed by atoms with Gasteiger partial charge in [-0.2, -0.15) is 0 Å². The van der Waals surface area contributed by atoms with Crippen LogP contribution in [0.4, 0.5) is 0 Å². The molecule has 114 valence electrons. The average molecular weight is 297 g/mol. The van der Waals surface area contributed by atoms with Gasteiger partial charge in [-0.25, -0.2) is 4.79 Å². The zero-order valence-electron chi connectivity index (χ0n) is 12.3. The molecule has 0 aromatic heterocycles. The third-order valence-corrected chi connectivity index (χ3v) is 4.48. The number of carboxylic acids is 1. The predicted octanol–water partition coefficient (Wildman–Crippen LogP) is 2.90. The van der Waals surface area contributed by atoms with Gasteiger partial charge in [-0.3, -0.25) is 4.79 Å². The fourth-order valence-electron chi connectivity index (χ4n) is 3.30. The van der Waals surface area contributed by atoms with Crippen LogP contribution in [-0.4, -0.2) is 22.5 Å². The second-order valence-corrected chi connectivity index (χ2v) is 5.96. The first-order valence-electron chi connectivity index (χ1n) is 7.62. The molecule has 0 spiro atoms. The third-order valence-electron chi connectivity index (χ3n) is 4.48.